The first-order valence-electron chi connectivity index (χ1n) is 3.00. The van der Waals surface area contributed by atoms with E-state index in [1.54, 1.807) is 0 Å². The predicted molar refractivity (Wildman–Crippen MR) is 31.6 cm³/mol. The van der Waals surface area contributed by atoms with Crippen LogP contribution in [0.25, 0.3) is 0 Å². The number of alkyl halides is 7. The molecule has 0 atom stereocenters. The molecule has 84 valence electrons. The molecule has 0 rings (SSSR count). The standard InChI is InChI=1S/C5H4F7NO/c1-13(14)2-3(6,7)4(8,9)5(10,11)12/h2H,1H3. The number of hydrogen-bond acceptors (Lipinski definition) is 1. The summed E-state index contributed by atoms with van der Waals surface area (Å²) in [6, 6.07) is 0. The van der Waals surface area contributed by atoms with Gasteiger partial charge in [-0.05, 0) is 0 Å². The van der Waals surface area contributed by atoms with Crippen LogP contribution in [0.1, 0.15) is 0 Å². The zero-order valence-electron chi connectivity index (χ0n) is 6.58. The van der Waals surface area contributed by atoms with Crippen molar-refractivity contribution in [2.75, 3.05) is 7.05 Å². The minimum Gasteiger partial charge on any atom is -0.624 e. The van der Waals surface area contributed by atoms with E-state index in [9.17, 15) is 35.9 Å². The van der Waals surface area contributed by atoms with Crippen LogP contribution in [0.4, 0.5) is 30.7 Å². The zero-order chi connectivity index (χ0) is 11.8. The quantitative estimate of drug-likeness (QED) is 0.233. The van der Waals surface area contributed by atoms with Crippen molar-refractivity contribution in [3.63, 3.8) is 0 Å². The average molecular weight is 227 g/mol. The summed E-state index contributed by atoms with van der Waals surface area (Å²) in [5.41, 5.74) is 0. The monoisotopic (exact) mass is 227 g/mol. The minimum absolute atomic E-state index is 0.361. The molecule has 0 aromatic heterocycles. The third-order valence-corrected chi connectivity index (χ3v) is 1.12. The second-order valence-electron chi connectivity index (χ2n) is 2.37. The van der Waals surface area contributed by atoms with E-state index >= 15 is 0 Å². The van der Waals surface area contributed by atoms with Crippen LogP contribution in [-0.2, 0) is 0 Å². The second kappa shape index (κ2) is 3.28. The lowest BCUT2D eigenvalue weighted by Crippen LogP contribution is -2.53. The maximum atomic E-state index is 12.2. The lowest BCUT2D eigenvalue weighted by atomic mass is 10.2. The zero-order valence-corrected chi connectivity index (χ0v) is 6.58. The summed E-state index contributed by atoms with van der Waals surface area (Å²) in [6.07, 6.45) is -7.45. The molecule has 0 aliphatic carbocycles. The largest absolute Gasteiger partial charge is 0.624 e. The average Bonchev–Trinajstić information content (AvgIpc) is 1.80. The van der Waals surface area contributed by atoms with Crippen molar-refractivity contribution in [2.45, 2.75) is 18.0 Å². The predicted octanol–water partition coefficient (Wildman–Crippen LogP) is 2.03. The molecule has 0 fully saturated rings. The Labute approximate surface area is 73.2 Å². The molecule has 0 heterocycles. The third-order valence-electron chi connectivity index (χ3n) is 1.12. The fraction of sp³-hybridized carbons (Fsp3) is 0.800. The Bertz CT molecular complexity index is 239. The molecule has 0 aromatic rings. The summed E-state index contributed by atoms with van der Waals surface area (Å²) in [7, 11) is 0.361. The van der Waals surface area contributed by atoms with E-state index in [-0.39, 0.29) is 0 Å². The highest BCUT2D eigenvalue weighted by Crippen LogP contribution is 2.45. The highest BCUT2D eigenvalue weighted by atomic mass is 19.4. The Kier molecular flexibility index (Phi) is 3.04. The Morgan fingerprint density at radius 3 is 1.57 bits per heavy atom. The molecule has 0 N–H and O–H groups in total. The van der Waals surface area contributed by atoms with Gasteiger partial charge in [0.05, 0.1) is 0 Å². The van der Waals surface area contributed by atoms with Gasteiger partial charge in [0.2, 0.25) is 6.21 Å². The van der Waals surface area contributed by atoms with Crippen molar-refractivity contribution in [2.24, 2.45) is 0 Å². The van der Waals surface area contributed by atoms with Crippen LogP contribution < -0.4 is 0 Å². The van der Waals surface area contributed by atoms with Crippen LogP contribution in [0, 0.1) is 5.21 Å². The van der Waals surface area contributed by atoms with Crippen LogP contribution in [0.2, 0.25) is 0 Å². The molecule has 0 aliphatic heterocycles. The van der Waals surface area contributed by atoms with Crippen LogP contribution in [0.5, 0.6) is 0 Å². The highest BCUT2D eigenvalue weighted by molar-refractivity contribution is 5.63. The van der Waals surface area contributed by atoms with Gasteiger partial charge in [-0.25, -0.2) is 4.74 Å². The van der Waals surface area contributed by atoms with E-state index in [1.165, 1.54) is 0 Å². The molecular weight excluding hydrogens is 223 g/mol. The van der Waals surface area contributed by atoms with E-state index in [0.29, 0.717) is 7.05 Å². The van der Waals surface area contributed by atoms with Crippen LogP contribution in [0.3, 0.4) is 0 Å². The number of hydroxylamine groups is 1. The molecule has 2 nitrogen and oxygen atoms in total. The Balaban J connectivity index is 5.18. The van der Waals surface area contributed by atoms with Gasteiger partial charge in [0.15, 0.2) is 0 Å². The van der Waals surface area contributed by atoms with Gasteiger partial charge >= 0.3 is 18.0 Å². The van der Waals surface area contributed by atoms with Gasteiger partial charge < -0.3 is 5.21 Å². The van der Waals surface area contributed by atoms with Gasteiger partial charge in [-0.1, -0.05) is 0 Å². The van der Waals surface area contributed by atoms with Crippen molar-refractivity contribution in [1.29, 1.82) is 0 Å². The van der Waals surface area contributed by atoms with E-state index in [4.69, 9.17) is 0 Å². The van der Waals surface area contributed by atoms with E-state index in [1.807, 2.05) is 0 Å². The SMILES string of the molecule is C[N+]([O-])=CC(F)(F)C(F)(F)C(F)(F)F. The molecule has 0 bridgehead atoms. The number of rotatable bonds is 2. The maximum Gasteiger partial charge on any atom is 0.460 e. The summed E-state index contributed by atoms with van der Waals surface area (Å²) in [5, 5.41) is 9.91. The molecule has 0 aromatic carbocycles. The van der Waals surface area contributed by atoms with Crippen molar-refractivity contribution < 1.29 is 35.5 Å². The lowest BCUT2D eigenvalue weighted by molar-refractivity contribution is -0.432. The lowest BCUT2D eigenvalue weighted by Gasteiger charge is -2.24. The Morgan fingerprint density at radius 1 is 1.00 bits per heavy atom. The van der Waals surface area contributed by atoms with Crippen molar-refractivity contribution in [3.8, 4) is 0 Å². The van der Waals surface area contributed by atoms with Gasteiger partial charge in [-0.3, -0.25) is 0 Å². The number of halogens is 7. The van der Waals surface area contributed by atoms with Crippen molar-refractivity contribution in [3.05, 3.63) is 5.21 Å². The number of nitrogens with zero attached hydrogens (tertiary/aromatic N) is 1. The van der Waals surface area contributed by atoms with Crippen LogP contribution in [-0.4, -0.2) is 36.0 Å². The maximum absolute atomic E-state index is 12.2. The molecule has 0 unspecified atom stereocenters. The molecule has 0 aliphatic rings. The highest BCUT2D eigenvalue weighted by Gasteiger charge is 2.74. The first-order chi connectivity index (χ1) is 5.92. The molecule has 0 radical (unpaired) electrons. The van der Waals surface area contributed by atoms with Gasteiger partial charge in [-0.2, -0.15) is 30.7 Å². The molecule has 0 saturated heterocycles. The minimum atomic E-state index is -6.41. The van der Waals surface area contributed by atoms with Crippen molar-refractivity contribution in [1.82, 2.24) is 0 Å². The number of hydrogen-bond donors (Lipinski definition) is 0. The topological polar surface area (TPSA) is 26.1 Å². The van der Waals surface area contributed by atoms with Crippen molar-refractivity contribution >= 4 is 6.21 Å². The van der Waals surface area contributed by atoms with Crippen LogP contribution in [0.15, 0.2) is 0 Å². The fourth-order valence-corrected chi connectivity index (χ4v) is 0.498. The van der Waals surface area contributed by atoms with Gasteiger partial charge in [0.25, 0.3) is 0 Å². The first-order valence-corrected chi connectivity index (χ1v) is 3.00. The van der Waals surface area contributed by atoms with Gasteiger partial charge in [-0.15, -0.1) is 0 Å². The molecular formula is C5H4F7NO. The van der Waals surface area contributed by atoms with E-state index in [0.717, 1.165) is 0 Å². The Hall–Kier alpha value is -1.02. The van der Waals surface area contributed by atoms with E-state index in [2.05, 4.69) is 0 Å². The first kappa shape index (κ1) is 13.0. The smallest absolute Gasteiger partial charge is 0.460 e. The summed E-state index contributed by atoms with van der Waals surface area (Å²) in [5.74, 6) is -11.8. The molecule has 14 heavy (non-hydrogen) atoms. The molecule has 9 heteroatoms. The third kappa shape index (κ3) is 2.26. The summed E-state index contributed by atoms with van der Waals surface area (Å²) >= 11 is 0. The second-order valence-corrected chi connectivity index (χ2v) is 2.37. The summed E-state index contributed by atoms with van der Waals surface area (Å²) in [6.45, 7) is 0. The normalized spacial score (nSPS) is 15.9. The molecule has 0 amide bonds. The summed E-state index contributed by atoms with van der Waals surface area (Å²) < 4.78 is 81.8. The Morgan fingerprint density at radius 2 is 1.36 bits per heavy atom. The molecule has 0 spiro atoms. The molecule has 0 saturated carbocycles. The van der Waals surface area contributed by atoms with Gasteiger partial charge in [0, 0.05) is 0 Å². The fourth-order valence-electron chi connectivity index (χ4n) is 0.498. The van der Waals surface area contributed by atoms with Crippen LogP contribution >= 0.6 is 0 Å². The van der Waals surface area contributed by atoms with E-state index < -0.39 is 29.0 Å². The van der Waals surface area contributed by atoms with Gasteiger partial charge in [0.1, 0.15) is 7.05 Å². The summed E-state index contributed by atoms with van der Waals surface area (Å²) in [4.78, 5) is 0.